The number of rotatable bonds is 6. The number of hydrogen-bond acceptors (Lipinski definition) is 3. The van der Waals surface area contributed by atoms with Crippen LogP contribution in [0.1, 0.15) is 49.9 Å². The third kappa shape index (κ3) is 4.66. The van der Waals surface area contributed by atoms with Gasteiger partial charge in [-0.25, -0.2) is 0 Å². The Kier molecular flexibility index (Phi) is 6.98. The van der Waals surface area contributed by atoms with E-state index < -0.39 is 12.5 Å². The number of benzene rings is 6. The summed E-state index contributed by atoms with van der Waals surface area (Å²) in [5.41, 5.74) is 10.8. The lowest BCUT2D eigenvalue weighted by Crippen LogP contribution is -2.41. The number of fused-ring (bicyclic) bond motifs is 3. The smallest absolute Gasteiger partial charge is 0.399 e. The van der Waals surface area contributed by atoms with Crippen molar-refractivity contribution in [3.05, 3.63) is 180 Å². The molecule has 1 saturated heterocycles. The molecular weight excluding hydrogens is 573 g/mol. The molecule has 6 aromatic rings. The second-order valence-electron chi connectivity index (χ2n) is 13.6. The van der Waals surface area contributed by atoms with Gasteiger partial charge in [-0.15, -0.1) is 0 Å². The number of nitrogens with zero attached hydrogens (tertiary/aromatic N) is 1. The van der Waals surface area contributed by atoms with Gasteiger partial charge >= 0.3 is 7.12 Å². The molecule has 0 radical (unpaired) electrons. The van der Waals surface area contributed by atoms with Gasteiger partial charge < -0.3 is 14.2 Å². The van der Waals surface area contributed by atoms with E-state index in [4.69, 9.17) is 9.31 Å². The summed E-state index contributed by atoms with van der Waals surface area (Å²) >= 11 is 0. The standard InChI is InChI=1S/C43H38BNO2/c1-41(2)42(3,4)47-44(46-41)33-25-29-36(30-26-33)45(34-17-9-6-10-18-34)35-27-23-32(24-28-35)43(31-15-7-5-8-16-31)39-21-13-11-19-37(39)38-20-12-14-22-40(38)43/h5-30H,1-4H3. The summed E-state index contributed by atoms with van der Waals surface area (Å²) < 4.78 is 12.7. The van der Waals surface area contributed by atoms with Crippen LogP contribution < -0.4 is 10.4 Å². The third-order valence-electron chi connectivity index (χ3n) is 10.4. The minimum atomic E-state index is -0.422. The normalized spacial score (nSPS) is 16.8. The van der Waals surface area contributed by atoms with Crippen molar-refractivity contribution in [2.24, 2.45) is 0 Å². The maximum Gasteiger partial charge on any atom is 0.494 e. The molecule has 3 nitrogen and oxygen atoms in total. The van der Waals surface area contributed by atoms with E-state index in [0.717, 1.165) is 22.5 Å². The van der Waals surface area contributed by atoms with Crippen LogP contribution in [0.3, 0.4) is 0 Å². The third-order valence-corrected chi connectivity index (χ3v) is 10.4. The van der Waals surface area contributed by atoms with Crippen molar-refractivity contribution in [2.45, 2.75) is 44.3 Å². The molecule has 0 saturated carbocycles. The average Bonchev–Trinajstić information content (AvgIpc) is 3.53. The molecule has 0 aromatic heterocycles. The monoisotopic (exact) mass is 611 g/mol. The van der Waals surface area contributed by atoms with Gasteiger partial charge in [0.15, 0.2) is 0 Å². The molecule has 6 aromatic carbocycles. The molecule has 0 atom stereocenters. The average molecular weight is 612 g/mol. The van der Waals surface area contributed by atoms with E-state index in [1.165, 1.54) is 33.4 Å². The van der Waals surface area contributed by atoms with E-state index in [-0.39, 0.29) is 11.2 Å². The number of anilines is 3. The molecule has 0 amide bonds. The fourth-order valence-corrected chi connectivity index (χ4v) is 7.36. The van der Waals surface area contributed by atoms with Crippen LogP contribution in [0.4, 0.5) is 17.1 Å². The molecule has 1 aliphatic heterocycles. The first-order valence-electron chi connectivity index (χ1n) is 16.5. The molecular formula is C43H38BNO2. The zero-order chi connectivity index (χ0) is 32.2. The summed E-state index contributed by atoms with van der Waals surface area (Å²) in [5, 5.41) is 0. The van der Waals surface area contributed by atoms with Gasteiger partial charge in [0.05, 0.1) is 16.6 Å². The molecule has 2 aliphatic rings. The zero-order valence-electron chi connectivity index (χ0n) is 27.4. The lowest BCUT2D eigenvalue weighted by molar-refractivity contribution is 0.00578. The van der Waals surface area contributed by atoms with Crippen molar-refractivity contribution in [1.29, 1.82) is 0 Å². The highest BCUT2D eigenvalue weighted by Crippen LogP contribution is 2.56. The highest BCUT2D eigenvalue weighted by Gasteiger charge is 2.51. The predicted molar refractivity (Wildman–Crippen MR) is 194 cm³/mol. The van der Waals surface area contributed by atoms with Crippen molar-refractivity contribution >= 4 is 29.6 Å². The summed E-state index contributed by atoms with van der Waals surface area (Å²) in [5.74, 6) is 0. The van der Waals surface area contributed by atoms with Gasteiger partial charge in [-0.3, -0.25) is 0 Å². The van der Waals surface area contributed by atoms with E-state index in [9.17, 15) is 0 Å². The van der Waals surface area contributed by atoms with Gasteiger partial charge in [-0.1, -0.05) is 121 Å². The predicted octanol–water partition coefficient (Wildman–Crippen LogP) is 9.82. The van der Waals surface area contributed by atoms with Crippen LogP contribution in [-0.2, 0) is 14.7 Å². The topological polar surface area (TPSA) is 21.7 Å². The summed E-state index contributed by atoms with van der Waals surface area (Å²) in [6.45, 7) is 8.36. The molecule has 230 valence electrons. The van der Waals surface area contributed by atoms with E-state index in [1.54, 1.807) is 0 Å². The Hall–Kier alpha value is -4.90. The summed E-state index contributed by atoms with van der Waals surface area (Å²) in [6.07, 6.45) is 0. The fourth-order valence-electron chi connectivity index (χ4n) is 7.36. The largest absolute Gasteiger partial charge is 0.494 e. The van der Waals surface area contributed by atoms with Crippen LogP contribution in [-0.4, -0.2) is 18.3 Å². The van der Waals surface area contributed by atoms with Crippen molar-refractivity contribution in [3.8, 4) is 11.1 Å². The zero-order valence-corrected chi connectivity index (χ0v) is 27.4. The van der Waals surface area contributed by atoms with E-state index in [2.05, 4.69) is 190 Å². The summed E-state index contributed by atoms with van der Waals surface area (Å²) in [4.78, 5) is 2.31. The Bertz CT molecular complexity index is 1980. The van der Waals surface area contributed by atoms with E-state index in [1.807, 2.05) is 0 Å². The minimum absolute atomic E-state index is 0.383. The minimum Gasteiger partial charge on any atom is -0.399 e. The Morgan fingerprint density at radius 3 is 1.36 bits per heavy atom. The van der Waals surface area contributed by atoms with Gasteiger partial charge in [0, 0.05) is 17.1 Å². The molecule has 47 heavy (non-hydrogen) atoms. The molecule has 4 heteroatoms. The lowest BCUT2D eigenvalue weighted by Gasteiger charge is -2.34. The molecule has 8 rings (SSSR count). The SMILES string of the molecule is CC1(C)OB(c2ccc(N(c3ccccc3)c3ccc(C4(c5ccccc5)c5ccccc5-c5ccccc54)cc3)cc2)OC1(C)C. The van der Waals surface area contributed by atoms with Crippen LogP contribution in [0, 0.1) is 0 Å². The second kappa shape index (κ2) is 11.1. The van der Waals surface area contributed by atoms with E-state index >= 15 is 0 Å². The Labute approximate surface area is 278 Å². The molecule has 1 aliphatic carbocycles. The maximum atomic E-state index is 6.34. The van der Waals surface area contributed by atoms with Crippen LogP contribution >= 0.6 is 0 Å². The van der Waals surface area contributed by atoms with Crippen molar-refractivity contribution in [2.75, 3.05) is 4.90 Å². The molecule has 1 heterocycles. The first kappa shape index (κ1) is 29.5. The lowest BCUT2D eigenvalue weighted by atomic mass is 9.68. The molecule has 1 fully saturated rings. The van der Waals surface area contributed by atoms with E-state index in [0.29, 0.717) is 0 Å². The highest BCUT2D eigenvalue weighted by atomic mass is 16.7. The van der Waals surface area contributed by atoms with Crippen molar-refractivity contribution < 1.29 is 9.31 Å². The Morgan fingerprint density at radius 2 is 0.830 bits per heavy atom. The van der Waals surface area contributed by atoms with Gasteiger partial charge in [0.1, 0.15) is 0 Å². The fraction of sp³-hybridized carbons (Fsp3) is 0.163. The highest BCUT2D eigenvalue weighted by molar-refractivity contribution is 6.62. The number of hydrogen-bond donors (Lipinski definition) is 0. The Morgan fingerprint density at radius 1 is 0.426 bits per heavy atom. The van der Waals surface area contributed by atoms with Gasteiger partial charge in [-0.05, 0) is 103 Å². The van der Waals surface area contributed by atoms with Gasteiger partial charge in [-0.2, -0.15) is 0 Å². The maximum absolute atomic E-state index is 6.34. The summed E-state index contributed by atoms with van der Waals surface area (Å²) in [6, 6.07) is 57.0. The Balaban J connectivity index is 1.23. The molecule has 0 N–H and O–H groups in total. The molecule has 0 unspecified atom stereocenters. The van der Waals surface area contributed by atoms with Crippen molar-refractivity contribution in [3.63, 3.8) is 0 Å². The van der Waals surface area contributed by atoms with Gasteiger partial charge in [0.2, 0.25) is 0 Å². The second-order valence-corrected chi connectivity index (χ2v) is 13.6. The molecule has 0 bridgehead atoms. The van der Waals surface area contributed by atoms with Crippen LogP contribution in [0.15, 0.2) is 158 Å². The van der Waals surface area contributed by atoms with Crippen LogP contribution in [0.5, 0.6) is 0 Å². The molecule has 0 spiro atoms. The van der Waals surface area contributed by atoms with Gasteiger partial charge in [0.25, 0.3) is 0 Å². The van der Waals surface area contributed by atoms with Crippen LogP contribution in [0.2, 0.25) is 0 Å². The first-order chi connectivity index (χ1) is 22.8. The van der Waals surface area contributed by atoms with Crippen molar-refractivity contribution in [1.82, 2.24) is 0 Å². The quantitative estimate of drug-likeness (QED) is 0.175. The number of para-hydroxylation sites is 1. The van der Waals surface area contributed by atoms with Crippen LogP contribution in [0.25, 0.3) is 11.1 Å². The summed E-state index contributed by atoms with van der Waals surface area (Å²) in [7, 11) is -0.398. The first-order valence-corrected chi connectivity index (χ1v) is 16.5.